The van der Waals surface area contributed by atoms with Crippen LogP contribution in [0, 0.1) is 32.8 Å². The highest BCUT2D eigenvalue weighted by Crippen LogP contribution is 2.27. The minimum absolute atomic E-state index is 0.0514. The van der Waals surface area contributed by atoms with E-state index in [0.29, 0.717) is 16.8 Å². The van der Waals surface area contributed by atoms with Crippen LogP contribution >= 0.6 is 0 Å². The molecular weight excluding hydrogens is 456 g/mol. The molecule has 0 bridgehead atoms. The number of nitro groups is 1. The van der Waals surface area contributed by atoms with Gasteiger partial charge in [-0.05, 0) is 63.1 Å². The summed E-state index contributed by atoms with van der Waals surface area (Å²) in [6.45, 7) is 7.85. The molecule has 0 spiro atoms. The highest BCUT2D eigenvalue weighted by atomic mass is 16.6. The number of anilines is 1. The molecule has 2 N–H and O–H groups in total. The summed E-state index contributed by atoms with van der Waals surface area (Å²) in [7, 11) is 0. The van der Waals surface area contributed by atoms with Crippen molar-refractivity contribution in [3.05, 3.63) is 106 Å². The fourth-order valence-electron chi connectivity index (χ4n) is 3.56. The van der Waals surface area contributed by atoms with Crippen LogP contribution in [0.4, 0.5) is 11.4 Å². The molecule has 0 atom stereocenters. The fraction of sp³-hybridized carbons (Fsp3) is 0.231. The Hall–Kier alpha value is -4.96. The monoisotopic (exact) mass is 482 g/mol. The van der Waals surface area contributed by atoms with Gasteiger partial charge < -0.3 is 5.73 Å². The number of benzene rings is 2. The third-order valence-corrected chi connectivity index (χ3v) is 5.92. The minimum atomic E-state index is -0.568. The maximum Gasteiger partial charge on any atom is 0.307 e. The Morgan fingerprint density at radius 2 is 1.33 bits per heavy atom. The van der Waals surface area contributed by atoms with Crippen molar-refractivity contribution in [1.29, 1.82) is 10.5 Å². The van der Waals surface area contributed by atoms with Gasteiger partial charge in [-0.15, -0.1) is 0 Å². The quantitative estimate of drug-likeness (QED) is 0.323. The summed E-state index contributed by atoms with van der Waals surface area (Å²) in [4.78, 5) is 10.2. The zero-order valence-electron chi connectivity index (χ0n) is 20.5. The molecule has 2 aromatic carbocycles. The van der Waals surface area contributed by atoms with Crippen LogP contribution in [0.15, 0.2) is 73.3 Å². The summed E-state index contributed by atoms with van der Waals surface area (Å²) < 4.78 is 3.33. The van der Waals surface area contributed by atoms with Crippen molar-refractivity contribution < 1.29 is 4.92 Å². The molecule has 0 unspecified atom stereocenters. The Labute approximate surface area is 209 Å². The second-order valence-electron chi connectivity index (χ2n) is 9.12. The predicted octanol–water partition coefficient (Wildman–Crippen LogP) is 4.57. The first-order valence-corrected chi connectivity index (χ1v) is 11.0. The molecule has 0 fully saturated rings. The van der Waals surface area contributed by atoms with Crippen molar-refractivity contribution in [2.24, 2.45) is 0 Å². The van der Waals surface area contributed by atoms with Gasteiger partial charge in [0.05, 0.1) is 51.2 Å². The second-order valence-corrected chi connectivity index (χ2v) is 9.12. The lowest BCUT2D eigenvalue weighted by Crippen LogP contribution is -2.28. The van der Waals surface area contributed by atoms with E-state index in [-0.39, 0.29) is 11.2 Å². The largest absolute Gasteiger partial charge is 0.396 e. The third-order valence-electron chi connectivity index (χ3n) is 5.92. The summed E-state index contributed by atoms with van der Waals surface area (Å²) in [5.41, 5.74) is 8.45. The third kappa shape index (κ3) is 5.40. The van der Waals surface area contributed by atoms with Crippen LogP contribution in [0.3, 0.4) is 0 Å². The number of nitrogen functional groups attached to an aromatic ring is 1. The maximum atomic E-state index is 10.7. The van der Waals surface area contributed by atoms with Crippen molar-refractivity contribution in [2.45, 2.75) is 38.8 Å². The molecule has 0 amide bonds. The molecule has 182 valence electrons. The first-order valence-electron chi connectivity index (χ1n) is 11.0. The molecule has 10 nitrogen and oxygen atoms in total. The lowest BCUT2D eigenvalue weighted by Gasteiger charge is -2.26. The lowest BCUT2D eigenvalue weighted by atomic mass is 9.93. The number of nitrogens with two attached hydrogens (primary N) is 1. The molecule has 0 aliphatic rings. The molecule has 2 heterocycles. The van der Waals surface area contributed by atoms with Gasteiger partial charge in [-0.2, -0.15) is 20.7 Å². The highest BCUT2D eigenvalue weighted by Gasteiger charge is 2.26. The van der Waals surface area contributed by atoms with E-state index >= 15 is 0 Å². The van der Waals surface area contributed by atoms with E-state index in [2.05, 4.69) is 22.3 Å². The molecule has 0 aliphatic heterocycles. The summed E-state index contributed by atoms with van der Waals surface area (Å²) in [5.74, 6) is 0. The van der Waals surface area contributed by atoms with Gasteiger partial charge in [0.25, 0.3) is 0 Å². The number of nitriles is 2. The van der Waals surface area contributed by atoms with Crippen LogP contribution in [-0.2, 0) is 11.1 Å². The van der Waals surface area contributed by atoms with E-state index in [4.69, 9.17) is 16.3 Å². The lowest BCUT2D eigenvalue weighted by molar-refractivity contribution is -0.385. The summed E-state index contributed by atoms with van der Waals surface area (Å²) >= 11 is 0. The van der Waals surface area contributed by atoms with Crippen LogP contribution in [0.2, 0.25) is 0 Å². The molecule has 0 saturated carbocycles. The van der Waals surface area contributed by atoms with Crippen LogP contribution in [0.5, 0.6) is 0 Å². The van der Waals surface area contributed by atoms with Gasteiger partial charge in [0, 0.05) is 6.20 Å². The SMILES string of the molecule is CC(C)(c1cccc(C#N)c1)n1cc(N)cn1.CC(C)(c1cccc(C#N)c1)n1cc([N+](=O)[O-])cn1. The summed E-state index contributed by atoms with van der Waals surface area (Å²) in [6.07, 6.45) is 6.02. The van der Waals surface area contributed by atoms with Crippen molar-refractivity contribution >= 4 is 11.4 Å². The van der Waals surface area contributed by atoms with Crippen molar-refractivity contribution in [3.63, 3.8) is 0 Å². The van der Waals surface area contributed by atoms with Crippen molar-refractivity contribution in [2.75, 3.05) is 5.73 Å². The smallest absolute Gasteiger partial charge is 0.307 e. The first kappa shape index (κ1) is 25.7. The highest BCUT2D eigenvalue weighted by molar-refractivity contribution is 5.38. The Balaban J connectivity index is 0.000000202. The molecule has 0 saturated heterocycles. The predicted molar refractivity (Wildman–Crippen MR) is 135 cm³/mol. The number of rotatable bonds is 5. The Bertz CT molecular complexity index is 1470. The van der Waals surface area contributed by atoms with E-state index in [1.165, 1.54) is 17.1 Å². The van der Waals surface area contributed by atoms with Gasteiger partial charge in [0.15, 0.2) is 0 Å². The molecule has 10 heteroatoms. The standard InChI is InChI=1S/C13H12N4O2.C13H14N4/c1-13(2,11-5-3-4-10(6-11)7-14)16-9-12(8-15-16)17(18)19;1-13(2,17-9-12(15)8-16-17)11-5-3-4-10(6-11)7-14/h3-6,8-9H,1-2H3;3-6,8-9H,15H2,1-2H3. The van der Waals surface area contributed by atoms with Crippen LogP contribution < -0.4 is 5.73 Å². The molecule has 0 radical (unpaired) electrons. The molecule has 4 rings (SSSR count). The Kier molecular flexibility index (Phi) is 7.21. The average molecular weight is 483 g/mol. The molecule has 0 aliphatic carbocycles. The van der Waals surface area contributed by atoms with Gasteiger partial charge in [0.2, 0.25) is 0 Å². The number of nitrogens with zero attached hydrogens (tertiary/aromatic N) is 7. The molecule has 36 heavy (non-hydrogen) atoms. The van der Waals surface area contributed by atoms with Gasteiger partial charge in [-0.1, -0.05) is 24.3 Å². The molecular formula is C26H26N8O2. The molecule has 4 aromatic rings. The number of hydrogen-bond acceptors (Lipinski definition) is 7. The fourth-order valence-corrected chi connectivity index (χ4v) is 3.56. The summed E-state index contributed by atoms with van der Waals surface area (Å²) in [5, 5.41) is 36.8. The zero-order valence-corrected chi connectivity index (χ0v) is 20.5. The van der Waals surface area contributed by atoms with Crippen LogP contribution in [-0.4, -0.2) is 24.5 Å². The van der Waals surface area contributed by atoms with E-state index in [9.17, 15) is 10.1 Å². The van der Waals surface area contributed by atoms with Gasteiger partial charge in [-0.3, -0.25) is 19.5 Å². The Morgan fingerprint density at radius 1 is 0.861 bits per heavy atom. The second kappa shape index (κ2) is 10.1. The first-order chi connectivity index (χ1) is 17.0. The van der Waals surface area contributed by atoms with Crippen LogP contribution in [0.25, 0.3) is 0 Å². The van der Waals surface area contributed by atoms with E-state index in [1.807, 2.05) is 52.0 Å². The maximum absolute atomic E-state index is 10.7. The van der Waals surface area contributed by atoms with E-state index < -0.39 is 10.5 Å². The number of hydrogen-bond donors (Lipinski definition) is 1. The van der Waals surface area contributed by atoms with E-state index in [0.717, 1.165) is 11.1 Å². The normalized spacial score (nSPS) is 11.1. The minimum Gasteiger partial charge on any atom is -0.396 e. The van der Waals surface area contributed by atoms with Gasteiger partial charge in [0.1, 0.15) is 12.4 Å². The Morgan fingerprint density at radius 3 is 1.72 bits per heavy atom. The zero-order chi connectivity index (χ0) is 26.5. The van der Waals surface area contributed by atoms with Crippen molar-refractivity contribution in [1.82, 2.24) is 19.6 Å². The van der Waals surface area contributed by atoms with Gasteiger partial charge in [-0.25, -0.2) is 0 Å². The summed E-state index contributed by atoms with van der Waals surface area (Å²) in [6, 6.07) is 18.9. The topological polar surface area (TPSA) is 152 Å². The molecule has 2 aromatic heterocycles. The van der Waals surface area contributed by atoms with Crippen molar-refractivity contribution in [3.8, 4) is 12.1 Å². The average Bonchev–Trinajstić information content (AvgIpc) is 3.55. The number of aromatic nitrogens is 4. The van der Waals surface area contributed by atoms with Crippen LogP contribution in [0.1, 0.15) is 49.9 Å². The van der Waals surface area contributed by atoms with E-state index in [1.54, 1.807) is 41.3 Å². The van der Waals surface area contributed by atoms with Gasteiger partial charge >= 0.3 is 5.69 Å².